The summed E-state index contributed by atoms with van der Waals surface area (Å²) >= 11 is 11.9. The van der Waals surface area contributed by atoms with Gasteiger partial charge in [0.1, 0.15) is 0 Å². The van der Waals surface area contributed by atoms with E-state index in [1.807, 2.05) is 49.5 Å². The number of fused-ring (bicyclic) bond motifs is 2. The zero-order valence-corrected chi connectivity index (χ0v) is 15.1. The molecule has 0 radical (unpaired) electrons. The molecule has 0 saturated carbocycles. The van der Waals surface area contributed by atoms with Gasteiger partial charge in [0.05, 0.1) is 11.2 Å². The Morgan fingerprint density at radius 3 is 2.20 bits per heavy atom. The van der Waals surface area contributed by atoms with Crippen molar-refractivity contribution in [3.63, 3.8) is 0 Å². The molecule has 0 bridgehead atoms. The van der Waals surface area contributed by atoms with E-state index in [1.165, 1.54) is 0 Å². The summed E-state index contributed by atoms with van der Waals surface area (Å²) in [6.45, 7) is 2.02. The summed E-state index contributed by atoms with van der Waals surface area (Å²) < 4.78 is 2.14. The first-order valence-electron chi connectivity index (χ1n) is 8.00. The van der Waals surface area contributed by atoms with Crippen LogP contribution in [0.2, 0.25) is 5.02 Å². The lowest BCUT2D eigenvalue weighted by atomic mass is 9.97. The molecule has 0 aliphatic rings. The Morgan fingerprint density at radius 2 is 1.64 bits per heavy atom. The number of hydrogen-bond donors (Lipinski definition) is 1. The predicted octanol–water partition coefficient (Wildman–Crippen LogP) is 5.35. The van der Waals surface area contributed by atoms with Crippen molar-refractivity contribution < 1.29 is 0 Å². The summed E-state index contributed by atoms with van der Waals surface area (Å²) in [5.74, 6) is 0.795. The predicted molar refractivity (Wildman–Crippen MR) is 106 cm³/mol. The number of hydrogen-bond acceptors (Lipinski definition) is 3. The fourth-order valence-electron chi connectivity index (χ4n) is 3.04. The van der Waals surface area contributed by atoms with Crippen LogP contribution in [0.4, 0.5) is 0 Å². The van der Waals surface area contributed by atoms with Gasteiger partial charge in [-0.15, -0.1) is 0 Å². The first-order chi connectivity index (χ1) is 12.2. The summed E-state index contributed by atoms with van der Waals surface area (Å²) in [6.07, 6.45) is 2.58. The first kappa shape index (κ1) is 16.0. The minimum atomic E-state index is 0.482. The molecule has 6 heteroatoms. The van der Waals surface area contributed by atoms with E-state index < -0.39 is 0 Å². The average Bonchev–Trinajstić information content (AvgIpc) is 3.01. The Morgan fingerprint density at radius 1 is 1.08 bits per heavy atom. The smallest absolute Gasteiger partial charge is 0.216 e. The highest BCUT2D eigenvalue weighted by Crippen LogP contribution is 2.35. The number of aromatic nitrogens is 3. The maximum atomic E-state index is 6.64. The van der Waals surface area contributed by atoms with E-state index in [-0.39, 0.29) is 0 Å². The van der Waals surface area contributed by atoms with Gasteiger partial charge in [0.15, 0.2) is 5.82 Å². The van der Waals surface area contributed by atoms with Gasteiger partial charge in [0.2, 0.25) is 4.77 Å². The van der Waals surface area contributed by atoms with E-state index in [2.05, 4.69) is 27.4 Å². The van der Waals surface area contributed by atoms with E-state index in [9.17, 15) is 0 Å². The normalized spacial score (nSPS) is 11.8. The molecule has 1 heterocycles. The number of rotatable bonds is 3. The minimum absolute atomic E-state index is 0.482. The number of H-pyrrole nitrogens is 1. The number of aromatic amines is 1. The molecule has 1 aromatic heterocycles. The van der Waals surface area contributed by atoms with Crippen molar-refractivity contribution in [3.8, 4) is 0 Å². The van der Waals surface area contributed by atoms with Gasteiger partial charge in [0, 0.05) is 22.8 Å². The van der Waals surface area contributed by atoms with Gasteiger partial charge in [-0.25, -0.2) is 0 Å². The fourth-order valence-corrected chi connectivity index (χ4v) is 3.56. The van der Waals surface area contributed by atoms with Crippen LogP contribution in [0.15, 0.2) is 53.6 Å². The molecule has 25 heavy (non-hydrogen) atoms. The molecule has 0 amide bonds. The largest absolute Gasteiger partial charge is 0.250 e. The van der Waals surface area contributed by atoms with Crippen molar-refractivity contribution in [1.82, 2.24) is 14.9 Å². The Balaban J connectivity index is 2.03. The molecule has 0 aliphatic heterocycles. The van der Waals surface area contributed by atoms with E-state index in [1.54, 1.807) is 4.68 Å². The third-order valence-corrected chi connectivity index (χ3v) is 4.91. The summed E-state index contributed by atoms with van der Waals surface area (Å²) in [5.41, 5.74) is 1.01. The fraction of sp³-hybridized carbons (Fsp3) is 0.105. The number of benzene rings is 3. The van der Waals surface area contributed by atoms with Crippen LogP contribution in [-0.2, 0) is 6.42 Å². The van der Waals surface area contributed by atoms with Crippen molar-refractivity contribution in [2.75, 3.05) is 0 Å². The third kappa shape index (κ3) is 2.65. The van der Waals surface area contributed by atoms with Crippen LogP contribution < -0.4 is 0 Å². The molecular formula is C19H15ClN4S. The molecule has 0 spiro atoms. The van der Waals surface area contributed by atoms with E-state index in [4.69, 9.17) is 23.8 Å². The molecule has 4 nitrogen and oxygen atoms in total. The van der Waals surface area contributed by atoms with Gasteiger partial charge in [0.25, 0.3) is 0 Å². The first-order valence-corrected chi connectivity index (χ1v) is 8.79. The lowest BCUT2D eigenvalue weighted by Gasteiger charge is -2.10. The highest BCUT2D eigenvalue weighted by Gasteiger charge is 2.11. The molecule has 3 aromatic carbocycles. The summed E-state index contributed by atoms with van der Waals surface area (Å²) in [5, 5.41) is 16.5. The van der Waals surface area contributed by atoms with Crippen molar-refractivity contribution in [2.45, 2.75) is 13.3 Å². The molecule has 1 N–H and O–H groups in total. The molecule has 4 rings (SSSR count). The van der Waals surface area contributed by atoms with Crippen molar-refractivity contribution in [2.24, 2.45) is 5.10 Å². The van der Waals surface area contributed by atoms with E-state index in [0.29, 0.717) is 4.77 Å². The maximum absolute atomic E-state index is 6.64. The molecule has 124 valence electrons. The molecular weight excluding hydrogens is 352 g/mol. The second kappa shape index (κ2) is 6.43. The van der Waals surface area contributed by atoms with Crippen LogP contribution in [0, 0.1) is 4.77 Å². The topological polar surface area (TPSA) is 46.0 Å². The quantitative estimate of drug-likeness (QED) is 0.302. The van der Waals surface area contributed by atoms with Gasteiger partial charge in [-0.1, -0.05) is 67.1 Å². The average molecular weight is 367 g/mol. The van der Waals surface area contributed by atoms with Gasteiger partial charge < -0.3 is 0 Å². The standard InChI is InChI=1S/C19H15ClN4S/c1-2-17-22-23-19(25)24(17)21-11-16-12-7-3-5-9-14(12)18(20)15-10-6-4-8-13(15)16/h3-11H,2H2,1H3,(H,23,25)/b21-11+. The molecule has 0 unspecified atom stereocenters. The van der Waals surface area contributed by atoms with Gasteiger partial charge in [-0.2, -0.15) is 14.9 Å². The van der Waals surface area contributed by atoms with Crippen LogP contribution in [-0.4, -0.2) is 21.1 Å². The monoisotopic (exact) mass is 366 g/mol. The van der Waals surface area contributed by atoms with Crippen LogP contribution >= 0.6 is 23.8 Å². The lowest BCUT2D eigenvalue weighted by Crippen LogP contribution is -1.98. The van der Waals surface area contributed by atoms with Crippen molar-refractivity contribution in [3.05, 3.63) is 69.7 Å². The molecule has 0 fully saturated rings. The Labute approximate surface area is 154 Å². The van der Waals surface area contributed by atoms with Crippen LogP contribution in [0.5, 0.6) is 0 Å². The van der Waals surface area contributed by atoms with Crippen LogP contribution in [0.25, 0.3) is 21.5 Å². The molecule has 4 aromatic rings. The SMILES string of the molecule is CCc1n[nH]c(=S)n1/N=C/c1c2ccccc2c(Cl)c2ccccc12. The van der Waals surface area contributed by atoms with Gasteiger partial charge >= 0.3 is 0 Å². The minimum Gasteiger partial charge on any atom is -0.250 e. The van der Waals surface area contributed by atoms with Crippen LogP contribution in [0.1, 0.15) is 18.3 Å². The number of nitrogens with zero attached hydrogens (tertiary/aromatic N) is 3. The number of halogens is 1. The third-order valence-electron chi connectivity index (χ3n) is 4.24. The van der Waals surface area contributed by atoms with E-state index >= 15 is 0 Å². The highest BCUT2D eigenvalue weighted by atomic mass is 35.5. The maximum Gasteiger partial charge on any atom is 0.216 e. The van der Waals surface area contributed by atoms with E-state index in [0.717, 1.165) is 44.4 Å². The molecule has 0 atom stereocenters. The second-order valence-electron chi connectivity index (χ2n) is 5.67. The zero-order chi connectivity index (χ0) is 17.4. The summed E-state index contributed by atoms with van der Waals surface area (Å²) in [6, 6.07) is 16.2. The summed E-state index contributed by atoms with van der Waals surface area (Å²) in [4.78, 5) is 0. The molecule has 0 saturated heterocycles. The number of nitrogens with one attached hydrogen (secondary N) is 1. The van der Waals surface area contributed by atoms with Gasteiger partial charge in [-0.3, -0.25) is 5.10 Å². The number of aryl methyl sites for hydroxylation is 1. The summed E-state index contributed by atoms with van der Waals surface area (Å²) in [7, 11) is 0. The van der Waals surface area contributed by atoms with Crippen molar-refractivity contribution >= 4 is 51.6 Å². The van der Waals surface area contributed by atoms with Crippen molar-refractivity contribution in [1.29, 1.82) is 0 Å². The second-order valence-corrected chi connectivity index (χ2v) is 6.44. The lowest BCUT2D eigenvalue weighted by molar-refractivity contribution is 0.780. The Hall–Kier alpha value is -2.50. The Bertz CT molecular complexity index is 1120. The zero-order valence-electron chi connectivity index (χ0n) is 13.5. The highest BCUT2D eigenvalue weighted by molar-refractivity contribution is 7.71. The van der Waals surface area contributed by atoms with Gasteiger partial charge in [-0.05, 0) is 23.0 Å². The molecule has 0 aliphatic carbocycles. The van der Waals surface area contributed by atoms with Crippen LogP contribution in [0.3, 0.4) is 0 Å². The Kier molecular flexibility index (Phi) is 4.11.